The van der Waals surface area contributed by atoms with E-state index in [2.05, 4.69) is 64.6 Å². The minimum absolute atomic E-state index is 0.343. The molecule has 0 atom stereocenters. The molecular weight excluding hydrogens is 318 g/mol. The Balaban J connectivity index is 2.19. The van der Waals surface area contributed by atoms with Gasteiger partial charge in [-0.25, -0.2) is 0 Å². The fourth-order valence-electron chi connectivity index (χ4n) is 2.08. The van der Waals surface area contributed by atoms with Gasteiger partial charge >= 0.3 is 0 Å². The number of rotatable bonds is 2. The van der Waals surface area contributed by atoms with Crippen LogP contribution >= 0.6 is 39.3 Å². The van der Waals surface area contributed by atoms with E-state index in [1.807, 2.05) is 0 Å². The van der Waals surface area contributed by atoms with Gasteiger partial charge in [-0.15, -0.1) is 11.6 Å². The highest BCUT2D eigenvalue weighted by Gasteiger charge is 2.27. The lowest BCUT2D eigenvalue weighted by atomic mass is 10.1. The lowest BCUT2D eigenvalue weighted by Gasteiger charge is -2.39. The maximum atomic E-state index is 5.87. The van der Waals surface area contributed by atoms with Crippen LogP contribution in [-0.4, -0.2) is 23.6 Å². The van der Waals surface area contributed by atoms with Crippen LogP contribution in [0.1, 0.15) is 19.4 Å². The summed E-state index contributed by atoms with van der Waals surface area (Å²) in [5, 5.41) is 0. The number of alkyl halides is 1. The minimum Gasteiger partial charge on any atom is -0.369 e. The predicted octanol–water partition coefficient (Wildman–Crippen LogP) is 4.52. The summed E-state index contributed by atoms with van der Waals surface area (Å²) in [4.78, 5) is 2.46. The number of hydrogen-bond donors (Lipinski definition) is 0. The molecule has 0 amide bonds. The molecule has 0 radical (unpaired) electrons. The fraction of sp³-hybridized carbons (Fsp3) is 0.538. The smallest absolute Gasteiger partial charge is 0.0485 e. The van der Waals surface area contributed by atoms with Gasteiger partial charge in [0.15, 0.2) is 0 Å². The van der Waals surface area contributed by atoms with Crippen molar-refractivity contribution in [3.63, 3.8) is 0 Å². The Bertz CT molecular complexity index is 408. The quantitative estimate of drug-likeness (QED) is 0.732. The first-order valence-corrected chi connectivity index (χ1v) is 8.06. The molecule has 0 bridgehead atoms. The van der Waals surface area contributed by atoms with Crippen LogP contribution in [0.4, 0.5) is 5.69 Å². The lowest BCUT2D eigenvalue weighted by molar-refractivity contribution is 0.647. The Morgan fingerprint density at radius 1 is 1.47 bits per heavy atom. The third-order valence-electron chi connectivity index (χ3n) is 2.97. The zero-order chi connectivity index (χ0) is 12.5. The van der Waals surface area contributed by atoms with E-state index in [-0.39, 0.29) is 0 Å². The van der Waals surface area contributed by atoms with Gasteiger partial charge in [-0.05, 0) is 31.5 Å². The van der Waals surface area contributed by atoms with Gasteiger partial charge in [0, 0.05) is 39.6 Å². The van der Waals surface area contributed by atoms with E-state index >= 15 is 0 Å². The Morgan fingerprint density at radius 3 is 2.82 bits per heavy atom. The van der Waals surface area contributed by atoms with Crippen molar-refractivity contribution in [2.75, 3.05) is 23.7 Å². The van der Waals surface area contributed by atoms with Crippen molar-refractivity contribution in [1.29, 1.82) is 0 Å². The third kappa shape index (κ3) is 3.33. The topological polar surface area (TPSA) is 3.24 Å². The summed E-state index contributed by atoms with van der Waals surface area (Å²) < 4.78 is 1.46. The first-order chi connectivity index (χ1) is 8.02. The number of anilines is 1. The van der Waals surface area contributed by atoms with Gasteiger partial charge in [-0.2, -0.15) is 11.8 Å². The second-order valence-corrected chi connectivity index (χ2v) is 7.86. The first kappa shape index (κ1) is 13.6. The van der Waals surface area contributed by atoms with Crippen LogP contribution in [0.3, 0.4) is 0 Å². The number of benzene rings is 1. The molecule has 2 rings (SSSR count). The van der Waals surface area contributed by atoms with E-state index in [4.69, 9.17) is 11.6 Å². The largest absolute Gasteiger partial charge is 0.369 e. The van der Waals surface area contributed by atoms with Gasteiger partial charge in [0.25, 0.3) is 0 Å². The summed E-state index contributed by atoms with van der Waals surface area (Å²) in [6, 6.07) is 6.47. The molecule has 94 valence electrons. The molecule has 1 saturated heterocycles. The molecule has 1 aromatic rings. The molecule has 0 aliphatic carbocycles. The highest BCUT2D eigenvalue weighted by molar-refractivity contribution is 9.10. The van der Waals surface area contributed by atoms with Gasteiger partial charge in [0.05, 0.1) is 0 Å². The Kier molecular flexibility index (Phi) is 4.32. The highest BCUT2D eigenvalue weighted by Crippen LogP contribution is 2.33. The van der Waals surface area contributed by atoms with E-state index in [1.54, 1.807) is 0 Å². The zero-order valence-electron chi connectivity index (χ0n) is 10.2. The molecule has 0 spiro atoms. The number of thioether (sulfide) groups is 1. The summed E-state index contributed by atoms with van der Waals surface area (Å²) >= 11 is 11.5. The van der Waals surface area contributed by atoms with E-state index < -0.39 is 0 Å². The Morgan fingerprint density at radius 2 is 2.24 bits per heavy atom. The standard InChI is InChI=1S/C13H17BrClNS/c1-13(2)9-16(5-6-17-13)11-4-3-10(8-15)12(14)7-11/h3-4,7H,5-6,8-9H2,1-2H3. The predicted molar refractivity (Wildman–Crippen MR) is 82.4 cm³/mol. The third-order valence-corrected chi connectivity index (χ3v) is 5.29. The van der Waals surface area contributed by atoms with Crippen LogP contribution in [0, 0.1) is 0 Å². The number of halogens is 2. The molecule has 0 saturated carbocycles. The maximum Gasteiger partial charge on any atom is 0.0485 e. The van der Waals surface area contributed by atoms with Gasteiger partial charge in [-0.1, -0.05) is 22.0 Å². The molecule has 1 aliphatic rings. The number of nitrogens with zero attached hydrogens (tertiary/aromatic N) is 1. The molecule has 1 heterocycles. The summed E-state index contributed by atoms with van der Waals surface area (Å²) in [5.41, 5.74) is 2.44. The van der Waals surface area contributed by atoms with Crippen molar-refractivity contribution in [2.24, 2.45) is 0 Å². The lowest BCUT2D eigenvalue weighted by Crippen LogP contribution is -2.43. The number of hydrogen-bond acceptors (Lipinski definition) is 2. The molecule has 1 aromatic carbocycles. The maximum absolute atomic E-state index is 5.87. The normalized spacial score (nSPS) is 19.4. The summed E-state index contributed by atoms with van der Waals surface area (Å²) in [7, 11) is 0. The van der Waals surface area contributed by atoms with Gasteiger partial charge < -0.3 is 4.90 Å². The molecule has 1 nitrogen and oxygen atoms in total. The van der Waals surface area contributed by atoms with E-state index in [0.29, 0.717) is 10.6 Å². The molecule has 4 heteroatoms. The van der Waals surface area contributed by atoms with Crippen molar-refractivity contribution < 1.29 is 0 Å². The van der Waals surface area contributed by atoms with Crippen LogP contribution < -0.4 is 4.90 Å². The minimum atomic E-state index is 0.343. The highest BCUT2D eigenvalue weighted by atomic mass is 79.9. The summed E-state index contributed by atoms with van der Waals surface area (Å²) in [5.74, 6) is 1.75. The SMILES string of the molecule is CC1(C)CN(c2ccc(CCl)c(Br)c2)CCS1. The van der Waals surface area contributed by atoms with Gasteiger partial charge in [0.2, 0.25) is 0 Å². The molecule has 0 aromatic heterocycles. The molecule has 1 fully saturated rings. The molecule has 0 N–H and O–H groups in total. The van der Waals surface area contributed by atoms with Crippen molar-refractivity contribution in [2.45, 2.75) is 24.5 Å². The van der Waals surface area contributed by atoms with Crippen molar-refractivity contribution in [3.05, 3.63) is 28.2 Å². The van der Waals surface area contributed by atoms with Crippen LogP contribution in [0.25, 0.3) is 0 Å². The van der Waals surface area contributed by atoms with Crippen LogP contribution in [-0.2, 0) is 5.88 Å². The molecule has 0 unspecified atom stereocenters. The van der Waals surface area contributed by atoms with E-state index in [0.717, 1.165) is 23.1 Å². The van der Waals surface area contributed by atoms with Crippen molar-refractivity contribution in [1.82, 2.24) is 0 Å². The van der Waals surface area contributed by atoms with Crippen molar-refractivity contribution >= 4 is 45.0 Å². The van der Waals surface area contributed by atoms with Crippen LogP contribution in [0.2, 0.25) is 0 Å². The Labute approximate surface area is 121 Å². The van der Waals surface area contributed by atoms with E-state index in [9.17, 15) is 0 Å². The Hall–Kier alpha value is 0.140. The molecule has 1 aliphatic heterocycles. The van der Waals surface area contributed by atoms with Gasteiger partial charge in [0.1, 0.15) is 0 Å². The van der Waals surface area contributed by atoms with Crippen molar-refractivity contribution in [3.8, 4) is 0 Å². The first-order valence-electron chi connectivity index (χ1n) is 5.75. The van der Waals surface area contributed by atoms with Crippen LogP contribution in [0.15, 0.2) is 22.7 Å². The average molecular weight is 335 g/mol. The summed E-state index contributed by atoms with van der Waals surface area (Å²) in [6.45, 7) is 6.85. The fourth-order valence-corrected chi connectivity index (χ4v) is 4.09. The molecular formula is C13H17BrClNS. The van der Waals surface area contributed by atoms with Gasteiger partial charge in [-0.3, -0.25) is 0 Å². The molecule has 17 heavy (non-hydrogen) atoms. The zero-order valence-corrected chi connectivity index (χ0v) is 13.3. The average Bonchev–Trinajstić information content (AvgIpc) is 2.27. The second-order valence-electron chi connectivity index (χ2n) is 4.94. The summed E-state index contributed by atoms with van der Waals surface area (Å²) in [6.07, 6.45) is 0. The van der Waals surface area contributed by atoms with E-state index in [1.165, 1.54) is 11.4 Å². The van der Waals surface area contributed by atoms with Crippen LogP contribution in [0.5, 0.6) is 0 Å². The monoisotopic (exact) mass is 333 g/mol. The second kappa shape index (κ2) is 5.41.